The molecule has 5 nitrogen and oxygen atoms in total. The zero-order chi connectivity index (χ0) is 15.4. The number of anilines is 1. The van der Waals surface area contributed by atoms with Crippen molar-refractivity contribution in [1.29, 1.82) is 0 Å². The number of methoxy groups -OCH3 is 1. The topological polar surface area (TPSA) is 41.2 Å². The van der Waals surface area contributed by atoms with Crippen molar-refractivity contribution < 1.29 is 9.15 Å². The first-order valence-electron chi connectivity index (χ1n) is 7.50. The minimum atomic E-state index is 0.826. The van der Waals surface area contributed by atoms with Crippen LogP contribution in [0.2, 0.25) is 0 Å². The largest absolute Gasteiger partial charge is 0.495 e. The van der Waals surface area contributed by atoms with E-state index in [2.05, 4.69) is 21.1 Å². The van der Waals surface area contributed by atoms with Gasteiger partial charge in [-0.15, -0.1) is 0 Å². The predicted octanol–water partition coefficient (Wildman–Crippen LogP) is 2.83. The van der Waals surface area contributed by atoms with Gasteiger partial charge in [0.15, 0.2) is 0 Å². The summed E-state index contributed by atoms with van der Waals surface area (Å²) in [6.07, 6.45) is 1.67. The molecule has 116 valence electrons. The predicted molar refractivity (Wildman–Crippen MR) is 87.7 cm³/mol. The lowest BCUT2D eigenvalue weighted by molar-refractivity contribution is 0.269. The van der Waals surface area contributed by atoms with Crippen molar-refractivity contribution in [3.05, 3.63) is 48.4 Å². The van der Waals surface area contributed by atoms with Gasteiger partial charge in [-0.3, -0.25) is 5.01 Å². The van der Waals surface area contributed by atoms with E-state index in [1.807, 2.05) is 37.3 Å². The first-order valence-corrected chi connectivity index (χ1v) is 7.50. The van der Waals surface area contributed by atoms with Crippen LogP contribution in [0.15, 0.2) is 52.2 Å². The van der Waals surface area contributed by atoms with E-state index < -0.39 is 0 Å². The molecule has 0 radical (unpaired) electrons. The molecule has 2 aromatic rings. The lowest BCUT2D eigenvalue weighted by Crippen LogP contribution is -2.44. The highest BCUT2D eigenvalue weighted by molar-refractivity contribution is 5.95. The molecule has 0 amide bonds. The highest BCUT2D eigenvalue weighted by Crippen LogP contribution is 2.28. The Balaban J connectivity index is 1.64. The zero-order valence-electron chi connectivity index (χ0n) is 13.0. The number of hydrazone groups is 1. The van der Waals surface area contributed by atoms with E-state index in [9.17, 15) is 0 Å². The van der Waals surface area contributed by atoms with Gasteiger partial charge in [-0.2, -0.15) is 5.10 Å². The number of rotatable bonds is 4. The van der Waals surface area contributed by atoms with Crippen LogP contribution < -0.4 is 9.64 Å². The first kappa shape index (κ1) is 14.5. The number of hydrogen-bond acceptors (Lipinski definition) is 5. The van der Waals surface area contributed by atoms with E-state index in [0.29, 0.717) is 0 Å². The van der Waals surface area contributed by atoms with Crippen LogP contribution in [0.25, 0.3) is 0 Å². The first-order chi connectivity index (χ1) is 10.8. The molecule has 1 fully saturated rings. The van der Waals surface area contributed by atoms with Gasteiger partial charge in [-0.05, 0) is 31.2 Å². The van der Waals surface area contributed by atoms with E-state index in [1.165, 1.54) is 0 Å². The van der Waals surface area contributed by atoms with Crippen LogP contribution in [0.3, 0.4) is 0 Å². The van der Waals surface area contributed by atoms with Crippen molar-refractivity contribution in [2.45, 2.75) is 6.92 Å². The van der Waals surface area contributed by atoms with Crippen LogP contribution in [-0.4, -0.2) is 44.0 Å². The third kappa shape index (κ3) is 3.08. The summed E-state index contributed by atoms with van der Waals surface area (Å²) >= 11 is 0. The van der Waals surface area contributed by atoms with E-state index in [4.69, 9.17) is 9.15 Å². The molecular weight excluding hydrogens is 278 g/mol. The molecule has 0 unspecified atom stereocenters. The molecule has 0 N–H and O–H groups in total. The Morgan fingerprint density at radius 1 is 1.09 bits per heavy atom. The second-order valence-corrected chi connectivity index (χ2v) is 5.28. The number of furan rings is 1. The lowest BCUT2D eigenvalue weighted by atomic mass is 10.2. The van der Waals surface area contributed by atoms with E-state index in [-0.39, 0.29) is 0 Å². The van der Waals surface area contributed by atoms with E-state index in [1.54, 1.807) is 13.4 Å². The number of hydrogen-bond donors (Lipinski definition) is 0. The molecule has 0 saturated carbocycles. The second kappa shape index (κ2) is 6.56. The van der Waals surface area contributed by atoms with Gasteiger partial charge in [0.05, 0.1) is 37.9 Å². The summed E-state index contributed by atoms with van der Waals surface area (Å²) in [4.78, 5) is 2.34. The molecule has 1 aromatic heterocycles. The molecule has 0 aliphatic carbocycles. The van der Waals surface area contributed by atoms with E-state index >= 15 is 0 Å². The van der Waals surface area contributed by atoms with Gasteiger partial charge in [-0.1, -0.05) is 12.1 Å². The number of nitrogens with zero attached hydrogens (tertiary/aromatic N) is 3. The van der Waals surface area contributed by atoms with Crippen LogP contribution in [0.5, 0.6) is 5.75 Å². The number of piperazine rings is 1. The SMILES string of the molecule is COc1ccccc1N1CCN(/N=C(/C)c2ccco2)CC1. The lowest BCUT2D eigenvalue weighted by Gasteiger charge is -2.35. The van der Waals surface area contributed by atoms with Crippen molar-refractivity contribution in [3.63, 3.8) is 0 Å². The Kier molecular flexibility index (Phi) is 4.32. The third-order valence-electron chi connectivity index (χ3n) is 3.85. The van der Waals surface area contributed by atoms with Gasteiger partial charge < -0.3 is 14.1 Å². The summed E-state index contributed by atoms with van der Waals surface area (Å²) in [5.74, 6) is 1.75. The standard InChI is InChI=1S/C17H21N3O2/c1-14(16-8-5-13-22-16)18-20-11-9-19(10-12-20)15-6-3-4-7-17(15)21-2/h3-8,13H,9-12H2,1-2H3/b18-14-. The monoisotopic (exact) mass is 299 g/mol. The average Bonchev–Trinajstić information content (AvgIpc) is 3.10. The van der Waals surface area contributed by atoms with Gasteiger partial charge >= 0.3 is 0 Å². The molecule has 1 saturated heterocycles. The number of benzene rings is 1. The normalized spacial score (nSPS) is 16.0. The summed E-state index contributed by atoms with van der Waals surface area (Å²) in [6, 6.07) is 12.0. The fourth-order valence-electron chi connectivity index (χ4n) is 2.67. The maximum absolute atomic E-state index is 5.44. The Morgan fingerprint density at radius 2 is 1.86 bits per heavy atom. The van der Waals surface area contributed by atoms with Gasteiger partial charge in [0.1, 0.15) is 11.5 Å². The van der Waals surface area contributed by atoms with Crippen LogP contribution in [0.1, 0.15) is 12.7 Å². The minimum absolute atomic E-state index is 0.826. The molecular formula is C17H21N3O2. The molecule has 22 heavy (non-hydrogen) atoms. The van der Waals surface area contributed by atoms with Crippen LogP contribution in [0.4, 0.5) is 5.69 Å². The fraction of sp³-hybridized carbons (Fsp3) is 0.353. The molecule has 0 bridgehead atoms. The van der Waals surface area contributed by atoms with Crippen molar-refractivity contribution in [2.75, 3.05) is 38.2 Å². The van der Waals surface area contributed by atoms with Crippen molar-refractivity contribution >= 4 is 11.4 Å². The van der Waals surface area contributed by atoms with Crippen LogP contribution in [0, 0.1) is 0 Å². The zero-order valence-corrected chi connectivity index (χ0v) is 13.0. The molecule has 1 aliphatic rings. The van der Waals surface area contributed by atoms with Crippen molar-refractivity contribution in [3.8, 4) is 5.75 Å². The maximum atomic E-state index is 5.44. The number of para-hydroxylation sites is 2. The number of ether oxygens (including phenoxy) is 1. The van der Waals surface area contributed by atoms with Gasteiger partial charge in [0.25, 0.3) is 0 Å². The molecule has 1 aliphatic heterocycles. The van der Waals surface area contributed by atoms with Crippen LogP contribution >= 0.6 is 0 Å². The Hall–Kier alpha value is -2.43. The summed E-state index contributed by atoms with van der Waals surface area (Å²) in [7, 11) is 1.71. The summed E-state index contributed by atoms with van der Waals surface area (Å²) < 4.78 is 10.8. The van der Waals surface area contributed by atoms with Gasteiger partial charge in [0.2, 0.25) is 0 Å². The molecule has 5 heteroatoms. The van der Waals surface area contributed by atoms with Gasteiger partial charge in [0, 0.05) is 13.1 Å². The molecule has 3 rings (SSSR count). The Morgan fingerprint density at radius 3 is 2.55 bits per heavy atom. The highest BCUT2D eigenvalue weighted by atomic mass is 16.5. The summed E-state index contributed by atoms with van der Waals surface area (Å²) in [6.45, 7) is 5.60. The Labute approximate surface area is 130 Å². The smallest absolute Gasteiger partial charge is 0.149 e. The quantitative estimate of drug-likeness (QED) is 0.814. The third-order valence-corrected chi connectivity index (χ3v) is 3.85. The summed E-state index contributed by atoms with van der Waals surface area (Å²) in [5.41, 5.74) is 2.06. The molecule has 1 aromatic carbocycles. The Bertz CT molecular complexity index is 629. The second-order valence-electron chi connectivity index (χ2n) is 5.28. The maximum Gasteiger partial charge on any atom is 0.149 e. The van der Waals surface area contributed by atoms with Crippen molar-refractivity contribution in [1.82, 2.24) is 5.01 Å². The summed E-state index contributed by atoms with van der Waals surface area (Å²) in [5, 5.41) is 6.75. The highest BCUT2D eigenvalue weighted by Gasteiger charge is 2.18. The fourth-order valence-corrected chi connectivity index (χ4v) is 2.67. The molecule has 0 spiro atoms. The molecule has 0 atom stereocenters. The van der Waals surface area contributed by atoms with Crippen molar-refractivity contribution in [2.24, 2.45) is 5.10 Å². The molecule has 2 heterocycles. The van der Waals surface area contributed by atoms with E-state index in [0.717, 1.165) is 49.1 Å². The average molecular weight is 299 g/mol. The minimum Gasteiger partial charge on any atom is -0.495 e. The van der Waals surface area contributed by atoms with Crippen LogP contribution in [-0.2, 0) is 0 Å². The van der Waals surface area contributed by atoms with Gasteiger partial charge in [-0.25, -0.2) is 0 Å².